The average molecular weight is 321 g/mol. The first-order valence-corrected chi connectivity index (χ1v) is 7.82. The first kappa shape index (κ1) is 16.5. The van der Waals surface area contributed by atoms with Gasteiger partial charge in [-0.1, -0.05) is 12.1 Å². The topological polar surface area (TPSA) is 98.7 Å². The largest absolute Gasteiger partial charge is 0.494 e. The second-order valence-electron chi connectivity index (χ2n) is 4.68. The van der Waals surface area contributed by atoms with Gasteiger partial charge in [-0.3, -0.25) is 14.5 Å². The van der Waals surface area contributed by atoms with Gasteiger partial charge in [0.2, 0.25) is 0 Å². The lowest BCUT2D eigenvalue weighted by Crippen LogP contribution is -2.47. The summed E-state index contributed by atoms with van der Waals surface area (Å²) >= 11 is 0.906. The van der Waals surface area contributed by atoms with Gasteiger partial charge in [0.1, 0.15) is 5.75 Å². The van der Waals surface area contributed by atoms with Crippen molar-refractivity contribution in [1.29, 1.82) is 0 Å². The molecular weight excluding hydrogens is 302 g/mol. The van der Waals surface area contributed by atoms with Gasteiger partial charge in [-0.05, 0) is 42.5 Å². The van der Waals surface area contributed by atoms with Gasteiger partial charge in [0.15, 0.2) is 0 Å². The molecule has 1 fully saturated rings. The predicted molar refractivity (Wildman–Crippen MR) is 87.3 cm³/mol. The number of nitrogens with two attached hydrogens (primary N) is 2. The van der Waals surface area contributed by atoms with E-state index in [1.54, 1.807) is 6.08 Å². The Labute approximate surface area is 133 Å². The molecule has 0 atom stereocenters. The third-order valence-corrected chi connectivity index (χ3v) is 4.11. The summed E-state index contributed by atoms with van der Waals surface area (Å²) < 4.78 is 5.36. The third kappa shape index (κ3) is 3.49. The van der Waals surface area contributed by atoms with Crippen molar-refractivity contribution in [3.8, 4) is 5.75 Å². The lowest BCUT2D eigenvalue weighted by molar-refractivity contribution is -0.124. The number of hydrogen-bond donors (Lipinski definition) is 2. The van der Waals surface area contributed by atoms with Crippen LogP contribution in [0, 0.1) is 0 Å². The quantitative estimate of drug-likeness (QED) is 0.769. The lowest BCUT2D eigenvalue weighted by Gasteiger charge is -2.21. The molecule has 0 saturated carbocycles. The number of carbonyl (C=O) groups is 2. The molecule has 22 heavy (non-hydrogen) atoms. The van der Waals surface area contributed by atoms with E-state index in [2.05, 4.69) is 0 Å². The molecule has 6 nitrogen and oxygen atoms in total. The molecule has 0 unspecified atom stereocenters. The van der Waals surface area contributed by atoms with E-state index in [1.807, 2.05) is 31.2 Å². The fourth-order valence-electron chi connectivity index (χ4n) is 2.08. The number of carbonyl (C=O) groups excluding carboxylic acids is 2. The molecule has 2 amide bonds. The van der Waals surface area contributed by atoms with Gasteiger partial charge in [-0.2, -0.15) is 0 Å². The number of amides is 2. The molecule has 1 aromatic rings. The van der Waals surface area contributed by atoms with Crippen molar-refractivity contribution in [2.75, 3.05) is 19.7 Å². The maximum atomic E-state index is 12.3. The fourth-order valence-corrected chi connectivity index (χ4v) is 2.98. The normalized spacial score (nSPS) is 16.9. The Kier molecular flexibility index (Phi) is 5.59. The maximum absolute atomic E-state index is 12.3. The number of imide groups is 1. The SMILES string of the molecule is CCOc1ccc(C=C2SC(=O)N(C(CN)CN)C2=O)cc1. The number of nitrogens with zero attached hydrogens (tertiary/aromatic N) is 1. The Hall–Kier alpha value is -1.83. The zero-order valence-corrected chi connectivity index (χ0v) is 13.1. The number of ether oxygens (including phenoxy) is 1. The second-order valence-corrected chi connectivity index (χ2v) is 5.67. The molecule has 1 saturated heterocycles. The van der Waals surface area contributed by atoms with Crippen LogP contribution < -0.4 is 16.2 Å². The van der Waals surface area contributed by atoms with Gasteiger partial charge in [-0.15, -0.1) is 0 Å². The van der Waals surface area contributed by atoms with E-state index < -0.39 is 6.04 Å². The Balaban J connectivity index is 2.19. The van der Waals surface area contributed by atoms with Gasteiger partial charge >= 0.3 is 0 Å². The first-order chi connectivity index (χ1) is 10.6. The number of thioether (sulfide) groups is 1. The van der Waals surface area contributed by atoms with Gasteiger partial charge in [-0.25, -0.2) is 0 Å². The Bertz CT molecular complexity index is 582. The van der Waals surface area contributed by atoms with Crippen LogP contribution in [0.25, 0.3) is 6.08 Å². The Morgan fingerprint density at radius 3 is 2.41 bits per heavy atom. The van der Waals surface area contributed by atoms with Crippen molar-refractivity contribution in [3.63, 3.8) is 0 Å². The summed E-state index contributed by atoms with van der Waals surface area (Å²) in [6.45, 7) is 2.82. The second kappa shape index (κ2) is 7.44. The molecule has 1 heterocycles. The maximum Gasteiger partial charge on any atom is 0.293 e. The van der Waals surface area contributed by atoms with Crippen molar-refractivity contribution in [2.45, 2.75) is 13.0 Å². The van der Waals surface area contributed by atoms with Crippen molar-refractivity contribution in [2.24, 2.45) is 11.5 Å². The summed E-state index contributed by atoms with van der Waals surface area (Å²) in [5.74, 6) is 0.420. The van der Waals surface area contributed by atoms with E-state index in [4.69, 9.17) is 16.2 Å². The fraction of sp³-hybridized carbons (Fsp3) is 0.333. The van der Waals surface area contributed by atoms with Crippen LogP contribution in [0.4, 0.5) is 4.79 Å². The third-order valence-electron chi connectivity index (χ3n) is 3.22. The summed E-state index contributed by atoms with van der Waals surface area (Å²) in [6, 6.07) is 6.85. The van der Waals surface area contributed by atoms with Gasteiger partial charge in [0.05, 0.1) is 17.6 Å². The van der Waals surface area contributed by atoms with Crippen molar-refractivity contribution < 1.29 is 14.3 Å². The molecular formula is C15H19N3O3S. The minimum Gasteiger partial charge on any atom is -0.494 e. The smallest absolute Gasteiger partial charge is 0.293 e. The van der Waals surface area contributed by atoms with Gasteiger partial charge < -0.3 is 16.2 Å². The minimum atomic E-state index is -0.460. The molecule has 0 aliphatic carbocycles. The molecule has 118 valence electrons. The van der Waals surface area contributed by atoms with E-state index in [-0.39, 0.29) is 24.2 Å². The van der Waals surface area contributed by atoms with Crippen LogP contribution in [0.1, 0.15) is 12.5 Å². The van der Waals surface area contributed by atoms with Crippen LogP contribution >= 0.6 is 11.8 Å². The molecule has 1 aliphatic rings. The van der Waals surface area contributed by atoms with E-state index in [0.29, 0.717) is 11.5 Å². The number of rotatable bonds is 6. The highest BCUT2D eigenvalue weighted by molar-refractivity contribution is 8.18. The van der Waals surface area contributed by atoms with Gasteiger partial charge in [0.25, 0.3) is 11.1 Å². The zero-order chi connectivity index (χ0) is 16.1. The molecule has 1 aliphatic heterocycles. The predicted octanol–water partition coefficient (Wildman–Crippen LogP) is 1.41. The molecule has 2 rings (SSSR count). The summed E-state index contributed by atoms with van der Waals surface area (Å²) in [5, 5.41) is -0.330. The van der Waals surface area contributed by atoms with E-state index >= 15 is 0 Å². The van der Waals surface area contributed by atoms with Crippen molar-refractivity contribution >= 4 is 29.0 Å². The zero-order valence-electron chi connectivity index (χ0n) is 12.3. The first-order valence-electron chi connectivity index (χ1n) is 7.00. The summed E-state index contributed by atoms with van der Waals surface area (Å²) in [4.78, 5) is 25.8. The van der Waals surface area contributed by atoms with Crippen LogP contribution in [0.15, 0.2) is 29.2 Å². The van der Waals surface area contributed by atoms with Crippen molar-refractivity contribution in [1.82, 2.24) is 4.90 Å². The molecule has 0 spiro atoms. The monoisotopic (exact) mass is 321 g/mol. The average Bonchev–Trinajstić information content (AvgIpc) is 2.79. The Morgan fingerprint density at radius 2 is 1.86 bits per heavy atom. The highest BCUT2D eigenvalue weighted by atomic mass is 32.2. The standard InChI is InChI=1S/C15H19N3O3S/c1-2-21-12-5-3-10(4-6-12)7-13-14(19)18(15(20)22-13)11(8-16)9-17/h3-7,11H,2,8-9,16-17H2,1H3. The summed E-state index contributed by atoms with van der Waals surface area (Å²) in [6.07, 6.45) is 1.69. The van der Waals surface area contributed by atoms with Crippen LogP contribution in [0.3, 0.4) is 0 Å². The number of hydrogen-bond acceptors (Lipinski definition) is 6. The summed E-state index contributed by atoms with van der Waals surface area (Å²) in [7, 11) is 0. The van der Waals surface area contributed by atoms with Crippen LogP contribution in [0.5, 0.6) is 5.75 Å². The van der Waals surface area contributed by atoms with E-state index in [0.717, 1.165) is 28.0 Å². The summed E-state index contributed by atoms with van der Waals surface area (Å²) in [5.41, 5.74) is 11.9. The molecule has 0 aromatic heterocycles. The lowest BCUT2D eigenvalue weighted by atomic mass is 10.2. The van der Waals surface area contributed by atoms with Crippen LogP contribution in [0.2, 0.25) is 0 Å². The van der Waals surface area contributed by atoms with Crippen LogP contribution in [-0.4, -0.2) is 41.8 Å². The van der Waals surface area contributed by atoms with Crippen molar-refractivity contribution in [3.05, 3.63) is 34.7 Å². The molecule has 0 radical (unpaired) electrons. The molecule has 7 heteroatoms. The van der Waals surface area contributed by atoms with E-state index in [9.17, 15) is 9.59 Å². The van der Waals surface area contributed by atoms with Gasteiger partial charge in [0, 0.05) is 13.1 Å². The van der Waals surface area contributed by atoms with Crippen LogP contribution in [-0.2, 0) is 4.79 Å². The minimum absolute atomic E-state index is 0.158. The van der Waals surface area contributed by atoms with E-state index in [1.165, 1.54) is 0 Å². The highest BCUT2D eigenvalue weighted by Gasteiger charge is 2.38. The molecule has 4 N–H and O–H groups in total. The highest BCUT2D eigenvalue weighted by Crippen LogP contribution is 2.33. The Morgan fingerprint density at radius 1 is 1.23 bits per heavy atom. The molecule has 1 aromatic carbocycles. The number of benzene rings is 1. The molecule has 0 bridgehead atoms.